The average Bonchev–Trinajstić information content (AvgIpc) is 3.22. The fraction of sp³-hybridized carbons (Fsp3) is 0.444. The predicted molar refractivity (Wildman–Crippen MR) is 102 cm³/mol. The first-order valence-corrected chi connectivity index (χ1v) is 9.72. The second-order valence-corrected chi connectivity index (χ2v) is 7.49. The molecule has 0 amide bonds. The van der Waals surface area contributed by atoms with Crippen LogP contribution in [0.4, 0.5) is 11.5 Å². The SMILES string of the molecule is CSC1N=Cn2ncc(C(C)C)c2N1Cc1cccc2c1CCN2. The number of hydrogen-bond donors (Lipinski definition) is 1. The topological polar surface area (TPSA) is 45.5 Å². The molecular formula is C18H23N5S. The van der Waals surface area contributed by atoms with Crippen molar-refractivity contribution in [3.8, 4) is 0 Å². The maximum Gasteiger partial charge on any atom is 0.171 e. The van der Waals surface area contributed by atoms with Gasteiger partial charge in [0.25, 0.3) is 0 Å². The molecule has 2 aromatic rings. The van der Waals surface area contributed by atoms with Crippen LogP contribution in [0.2, 0.25) is 0 Å². The molecule has 1 aromatic carbocycles. The second-order valence-electron chi connectivity index (χ2n) is 6.60. The zero-order valence-corrected chi connectivity index (χ0v) is 15.2. The summed E-state index contributed by atoms with van der Waals surface area (Å²) in [6, 6.07) is 6.57. The monoisotopic (exact) mass is 341 g/mol. The summed E-state index contributed by atoms with van der Waals surface area (Å²) in [4.78, 5) is 7.07. The number of nitrogens with zero attached hydrogens (tertiary/aromatic N) is 4. The van der Waals surface area contributed by atoms with Crippen LogP contribution in [-0.2, 0) is 13.0 Å². The molecule has 6 heteroatoms. The molecule has 2 aliphatic heterocycles. The molecule has 3 heterocycles. The molecule has 1 N–H and O–H groups in total. The summed E-state index contributed by atoms with van der Waals surface area (Å²) in [7, 11) is 0. The summed E-state index contributed by atoms with van der Waals surface area (Å²) in [5.41, 5.74) is 5.49. The van der Waals surface area contributed by atoms with Gasteiger partial charge in [-0.25, -0.2) is 9.67 Å². The molecule has 0 spiro atoms. The van der Waals surface area contributed by atoms with Crippen LogP contribution in [0, 0.1) is 0 Å². The van der Waals surface area contributed by atoms with E-state index >= 15 is 0 Å². The van der Waals surface area contributed by atoms with Gasteiger partial charge in [-0.3, -0.25) is 0 Å². The predicted octanol–water partition coefficient (Wildman–Crippen LogP) is 3.52. The number of thioether (sulfide) groups is 1. The summed E-state index contributed by atoms with van der Waals surface area (Å²) in [6.07, 6.45) is 7.06. The summed E-state index contributed by atoms with van der Waals surface area (Å²) in [5, 5.41) is 7.99. The molecular weight excluding hydrogens is 318 g/mol. The molecule has 0 saturated carbocycles. The number of hydrogen-bond acceptors (Lipinski definition) is 5. The lowest BCUT2D eigenvalue weighted by Gasteiger charge is -2.34. The third-order valence-corrected chi connectivity index (χ3v) is 5.57. The highest BCUT2D eigenvalue weighted by atomic mass is 32.2. The van der Waals surface area contributed by atoms with Gasteiger partial charge in [0, 0.05) is 24.3 Å². The number of fused-ring (bicyclic) bond motifs is 2. The van der Waals surface area contributed by atoms with Gasteiger partial charge in [-0.2, -0.15) is 5.10 Å². The highest BCUT2D eigenvalue weighted by Gasteiger charge is 2.29. The average molecular weight is 341 g/mol. The summed E-state index contributed by atoms with van der Waals surface area (Å²) >= 11 is 1.77. The van der Waals surface area contributed by atoms with Gasteiger partial charge in [0.1, 0.15) is 12.2 Å². The van der Waals surface area contributed by atoms with E-state index in [9.17, 15) is 0 Å². The maximum absolute atomic E-state index is 4.68. The van der Waals surface area contributed by atoms with E-state index in [1.807, 2.05) is 17.2 Å². The zero-order chi connectivity index (χ0) is 16.7. The summed E-state index contributed by atoms with van der Waals surface area (Å²) < 4.78 is 1.92. The Bertz CT molecular complexity index is 780. The van der Waals surface area contributed by atoms with Crippen molar-refractivity contribution in [2.45, 2.75) is 38.2 Å². The molecule has 4 rings (SSSR count). The van der Waals surface area contributed by atoms with Crippen LogP contribution in [0.5, 0.6) is 0 Å². The maximum atomic E-state index is 4.68. The number of nitrogens with one attached hydrogen (secondary N) is 1. The Labute approximate surface area is 147 Å². The van der Waals surface area contributed by atoms with Crippen molar-refractivity contribution in [3.63, 3.8) is 0 Å². The van der Waals surface area contributed by atoms with Crippen LogP contribution >= 0.6 is 11.8 Å². The van der Waals surface area contributed by atoms with Gasteiger partial charge >= 0.3 is 0 Å². The Balaban J connectivity index is 1.75. The van der Waals surface area contributed by atoms with Crippen molar-refractivity contribution in [1.29, 1.82) is 0 Å². The van der Waals surface area contributed by atoms with Crippen molar-refractivity contribution in [1.82, 2.24) is 9.78 Å². The zero-order valence-electron chi connectivity index (χ0n) is 14.4. The van der Waals surface area contributed by atoms with Crippen LogP contribution < -0.4 is 10.2 Å². The minimum Gasteiger partial charge on any atom is -0.384 e. The van der Waals surface area contributed by atoms with Gasteiger partial charge in [-0.15, -0.1) is 11.8 Å². The Morgan fingerprint density at radius 1 is 1.38 bits per heavy atom. The van der Waals surface area contributed by atoms with E-state index in [1.165, 1.54) is 28.2 Å². The van der Waals surface area contributed by atoms with E-state index in [4.69, 9.17) is 0 Å². The lowest BCUT2D eigenvalue weighted by Crippen LogP contribution is -2.37. The van der Waals surface area contributed by atoms with Crippen LogP contribution in [0.25, 0.3) is 0 Å². The van der Waals surface area contributed by atoms with Crippen LogP contribution in [-0.4, -0.2) is 34.4 Å². The molecule has 1 atom stereocenters. The first kappa shape index (κ1) is 15.6. The van der Waals surface area contributed by atoms with Gasteiger partial charge in [-0.05, 0) is 35.8 Å². The molecule has 0 bridgehead atoms. The smallest absolute Gasteiger partial charge is 0.171 e. The van der Waals surface area contributed by atoms with E-state index in [-0.39, 0.29) is 5.50 Å². The van der Waals surface area contributed by atoms with Gasteiger partial charge in [-0.1, -0.05) is 26.0 Å². The highest BCUT2D eigenvalue weighted by Crippen LogP contribution is 2.36. The van der Waals surface area contributed by atoms with Crippen molar-refractivity contribution in [3.05, 3.63) is 41.1 Å². The minimum atomic E-state index is 0.0944. The molecule has 0 fully saturated rings. The number of benzene rings is 1. The van der Waals surface area contributed by atoms with Crippen molar-refractivity contribution < 1.29 is 0 Å². The van der Waals surface area contributed by atoms with Crippen molar-refractivity contribution in [2.75, 3.05) is 23.0 Å². The second kappa shape index (κ2) is 6.16. The number of rotatable bonds is 4. The van der Waals surface area contributed by atoms with Gasteiger partial charge in [0.05, 0.1) is 6.20 Å². The fourth-order valence-corrected chi connectivity index (χ4v) is 4.16. The molecule has 0 radical (unpaired) electrons. The molecule has 24 heavy (non-hydrogen) atoms. The quantitative estimate of drug-likeness (QED) is 0.924. The van der Waals surface area contributed by atoms with Crippen molar-refractivity contribution in [2.24, 2.45) is 4.99 Å². The molecule has 1 aromatic heterocycles. The molecule has 0 aliphatic carbocycles. The van der Waals surface area contributed by atoms with Crippen LogP contribution in [0.3, 0.4) is 0 Å². The third-order valence-electron chi connectivity index (χ3n) is 4.78. The van der Waals surface area contributed by atoms with E-state index in [2.05, 4.69) is 58.6 Å². The molecule has 126 valence electrons. The van der Waals surface area contributed by atoms with Crippen LogP contribution in [0.1, 0.15) is 36.5 Å². The van der Waals surface area contributed by atoms with Gasteiger partial charge < -0.3 is 10.2 Å². The molecule has 5 nitrogen and oxygen atoms in total. The Morgan fingerprint density at radius 3 is 3.04 bits per heavy atom. The first-order valence-electron chi connectivity index (χ1n) is 8.44. The lowest BCUT2D eigenvalue weighted by molar-refractivity contribution is 0.700. The van der Waals surface area contributed by atoms with E-state index in [0.29, 0.717) is 5.92 Å². The van der Waals surface area contributed by atoms with Gasteiger partial charge in [0.2, 0.25) is 0 Å². The van der Waals surface area contributed by atoms with Gasteiger partial charge in [0.15, 0.2) is 5.50 Å². The van der Waals surface area contributed by atoms with Crippen LogP contribution in [0.15, 0.2) is 29.4 Å². The first-order chi connectivity index (χ1) is 11.7. The molecule has 2 aliphatic rings. The molecule has 0 saturated heterocycles. The number of aliphatic imine (C=N–C) groups is 1. The fourth-order valence-electron chi connectivity index (χ4n) is 3.55. The lowest BCUT2D eigenvalue weighted by atomic mass is 10.0. The Morgan fingerprint density at radius 2 is 2.25 bits per heavy atom. The minimum absolute atomic E-state index is 0.0944. The Hall–Kier alpha value is -1.95. The summed E-state index contributed by atoms with van der Waals surface area (Å²) in [5.74, 6) is 1.62. The third kappa shape index (κ3) is 2.49. The largest absolute Gasteiger partial charge is 0.384 e. The van der Waals surface area contributed by atoms with Crippen molar-refractivity contribution >= 4 is 29.6 Å². The number of anilines is 2. The van der Waals surface area contributed by atoms with E-state index in [0.717, 1.165) is 19.5 Å². The van der Waals surface area contributed by atoms with E-state index in [1.54, 1.807) is 11.8 Å². The summed E-state index contributed by atoms with van der Waals surface area (Å²) in [6.45, 7) is 6.34. The Kier molecular flexibility index (Phi) is 4.00. The molecule has 1 unspecified atom stereocenters. The number of aromatic nitrogens is 2. The standard InChI is InChI=1S/C18H23N5S/c1-12(2)15-9-21-23-11-20-18(24-3)22(17(15)23)10-13-5-4-6-16-14(13)7-8-19-16/h4-6,9,11-12,18-19H,7-8,10H2,1-3H3. The normalized spacial score (nSPS) is 18.7. The van der Waals surface area contributed by atoms with E-state index < -0.39 is 0 Å². The highest BCUT2D eigenvalue weighted by molar-refractivity contribution is 7.99.